The number of hydrogen-bond acceptors (Lipinski definition) is 3. The van der Waals surface area contributed by atoms with Crippen LogP contribution in [0.15, 0.2) is 48.5 Å². The van der Waals surface area contributed by atoms with Gasteiger partial charge in [0, 0.05) is 16.7 Å². The zero-order valence-electron chi connectivity index (χ0n) is 12.4. The molecule has 116 valence electrons. The maximum absolute atomic E-state index is 11.7. The second-order valence-corrected chi connectivity index (χ2v) is 5.29. The molecule has 4 nitrogen and oxygen atoms in total. The van der Waals surface area contributed by atoms with Gasteiger partial charge in [0.15, 0.2) is 0 Å². The molecule has 2 aromatic rings. The highest BCUT2D eigenvalue weighted by Crippen LogP contribution is 2.31. The van der Waals surface area contributed by atoms with E-state index >= 15 is 0 Å². The molecule has 0 fully saturated rings. The van der Waals surface area contributed by atoms with E-state index in [0.717, 1.165) is 0 Å². The number of hydrogen-bond donors (Lipinski definition) is 1. The smallest absolute Gasteiger partial charge is 0.352 e. The van der Waals surface area contributed by atoms with Crippen LogP contribution in [0.3, 0.4) is 0 Å². The Kier molecular flexibility index (Phi) is 4.93. The molecule has 0 aliphatic carbocycles. The third kappa shape index (κ3) is 3.52. The molecule has 2 rings (SSSR count). The standard InChI is InChI=1S/C17H17ClO4/c1-3-21-14-5-4-6-15(11-14)22-17(2,16(19)20)12-7-9-13(18)10-8-12/h4-11H,3H2,1-2H3,(H,19,20). The molecule has 0 saturated carbocycles. The Hall–Kier alpha value is -2.20. The van der Waals surface area contributed by atoms with Gasteiger partial charge in [-0.05, 0) is 38.1 Å². The van der Waals surface area contributed by atoms with Crippen LogP contribution in [0, 0.1) is 0 Å². The zero-order valence-corrected chi connectivity index (χ0v) is 13.1. The van der Waals surface area contributed by atoms with E-state index < -0.39 is 11.6 Å². The molecule has 5 heteroatoms. The van der Waals surface area contributed by atoms with E-state index in [0.29, 0.717) is 28.7 Å². The van der Waals surface area contributed by atoms with Crippen LogP contribution in [0.5, 0.6) is 11.5 Å². The topological polar surface area (TPSA) is 55.8 Å². The lowest BCUT2D eigenvalue weighted by atomic mass is 9.96. The molecule has 0 heterocycles. The van der Waals surface area contributed by atoms with E-state index in [9.17, 15) is 9.90 Å². The van der Waals surface area contributed by atoms with Gasteiger partial charge in [0.1, 0.15) is 11.5 Å². The molecule has 0 aliphatic rings. The van der Waals surface area contributed by atoms with E-state index in [2.05, 4.69) is 0 Å². The second kappa shape index (κ2) is 6.71. The van der Waals surface area contributed by atoms with Gasteiger partial charge in [0.2, 0.25) is 5.60 Å². The van der Waals surface area contributed by atoms with Crippen LogP contribution in [-0.4, -0.2) is 17.7 Å². The Morgan fingerprint density at radius 2 is 1.82 bits per heavy atom. The van der Waals surface area contributed by atoms with Gasteiger partial charge in [0.25, 0.3) is 0 Å². The molecule has 0 aliphatic heterocycles. The van der Waals surface area contributed by atoms with Crippen molar-refractivity contribution in [3.8, 4) is 11.5 Å². The van der Waals surface area contributed by atoms with Crippen LogP contribution in [0.1, 0.15) is 19.4 Å². The van der Waals surface area contributed by atoms with Crippen molar-refractivity contribution in [3.63, 3.8) is 0 Å². The average molecular weight is 321 g/mol. The Labute approximate surface area is 134 Å². The fraction of sp³-hybridized carbons (Fsp3) is 0.235. The number of benzene rings is 2. The minimum Gasteiger partial charge on any atom is -0.494 e. The average Bonchev–Trinajstić information content (AvgIpc) is 2.48. The number of ether oxygens (including phenoxy) is 2. The van der Waals surface area contributed by atoms with Crippen molar-refractivity contribution >= 4 is 17.6 Å². The highest BCUT2D eigenvalue weighted by Gasteiger charge is 2.38. The molecular formula is C17H17ClO4. The van der Waals surface area contributed by atoms with E-state index in [1.807, 2.05) is 6.92 Å². The van der Waals surface area contributed by atoms with E-state index in [1.54, 1.807) is 48.5 Å². The summed E-state index contributed by atoms with van der Waals surface area (Å²) in [6, 6.07) is 13.5. The van der Waals surface area contributed by atoms with Crippen molar-refractivity contribution in [2.24, 2.45) is 0 Å². The first-order valence-corrected chi connectivity index (χ1v) is 7.25. The van der Waals surface area contributed by atoms with Gasteiger partial charge in [-0.3, -0.25) is 0 Å². The molecule has 0 spiro atoms. The van der Waals surface area contributed by atoms with Crippen molar-refractivity contribution < 1.29 is 19.4 Å². The Balaban J connectivity index is 2.34. The molecule has 22 heavy (non-hydrogen) atoms. The van der Waals surface area contributed by atoms with Crippen molar-refractivity contribution in [2.75, 3.05) is 6.61 Å². The van der Waals surface area contributed by atoms with Crippen LogP contribution in [0.25, 0.3) is 0 Å². The molecular weight excluding hydrogens is 304 g/mol. The quantitative estimate of drug-likeness (QED) is 0.870. The second-order valence-electron chi connectivity index (χ2n) is 4.86. The summed E-state index contributed by atoms with van der Waals surface area (Å²) in [7, 11) is 0. The molecule has 0 saturated heterocycles. The van der Waals surface area contributed by atoms with Crippen molar-refractivity contribution in [1.82, 2.24) is 0 Å². The number of carbonyl (C=O) groups is 1. The lowest BCUT2D eigenvalue weighted by Gasteiger charge is -2.27. The first-order chi connectivity index (χ1) is 10.5. The Morgan fingerprint density at radius 3 is 2.41 bits per heavy atom. The van der Waals surface area contributed by atoms with Gasteiger partial charge in [-0.1, -0.05) is 29.8 Å². The molecule has 0 radical (unpaired) electrons. The van der Waals surface area contributed by atoms with Crippen molar-refractivity contribution in [2.45, 2.75) is 19.4 Å². The summed E-state index contributed by atoms with van der Waals surface area (Å²) in [5.74, 6) is -0.0359. The van der Waals surface area contributed by atoms with Gasteiger partial charge in [-0.25, -0.2) is 4.79 Å². The van der Waals surface area contributed by atoms with Crippen LogP contribution >= 0.6 is 11.6 Å². The zero-order chi connectivity index (χ0) is 16.2. The fourth-order valence-electron chi connectivity index (χ4n) is 2.02. The van der Waals surface area contributed by atoms with Gasteiger partial charge < -0.3 is 14.6 Å². The summed E-state index contributed by atoms with van der Waals surface area (Å²) in [6.07, 6.45) is 0. The predicted molar refractivity (Wildman–Crippen MR) is 84.7 cm³/mol. The predicted octanol–water partition coefficient (Wildman–Crippen LogP) is 4.12. The number of aliphatic carboxylic acids is 1. The van der Waals surface area contributed by atoms with Gasteiger partial charge in [-0.15, -0.1) is 0 Å². The first-order valence-electron chi connectivity index (χ1n) is 6.87. The van der Waals surface area contributed by atoms with Gasteiger partial charge >= 0.3 is 5.97 Å². The SMILES string of the molecule is CCOc1cccc(OC(C)(C(=O)O)c2ccc(Cl)cc2)c1. The highest BCUT2D eigenvalue weighted by atomic mass is 35.5. The maximum Gasteiger partial charge on any atom is 0.352 e. The van der Waals surface area contributed by atoms with Crippen molar-refractivity contribution in [1.29, 1.82) is 0 Å². The number of halogens is 1. The van der Waals surface area contributed by atoms with Gasteiger partial charge in [0.05, 0.1) is 6.61 Å². The van der Waals surface area contributed by atoms with E-state index in [4.69, 9.17) is 21.1 Å². The molecule has 0 bridgehead atoms. The lowest BCUT2D eigenvalue weighted by molar-refractivity contribution is -0.154. The monoisotopic (exact) mass is 320 g/mol. The minimum atomic E-state index is -1.52. The summed E-state index contributed by atoms with van der Waals surface area (Å²) in [6.45, 7) is 3.91. The normalized spacial score (nSPS) is 13.2. The Morgan fingerprint density at radius 1 is 1.18 bits per heavy atom. The third-order valence-corrected chi connectivity index (χ3v) is 3.49. The molecule has 2 aromatic carbocycles. The largest absolute Gasteiger partial charge is 0.494 e. The van der Waals surface area contributed by atoms with Crippen LogP contribution in [0.2, 0.25) is 5.02 Å². The maximum atomic E-state index is 11.7. The lowest BCUT2D eigenvalue weighted by Crippen LogP contribution is -2.38. The van der Waals surface area contributed by atoms with Gasteiger partial charge in [-0.2, -0.15) is 0 Å². The summed E-state index contributed by atoms with van der Waals surface area (Å²) < 4.78 is 11.2. The third-order valence-electron chi connectivity index (χ3n) is 3.24. The summed E-state index contributed by atoms with van der Waals surface area (Å²) >= 11 is 5.85. The van der Waals surface area contributed by atoms with Crippen LogP contribution in [0.4, 0.5) is 0 Å². The molecule has 1 atom stereocenters. The molecule has 0 aromatic heterocycles. The van der Waals surface area contributed by atoms with Crippen LogP contribution < -0.4 is 9.47 Å². The first kappa shape index (κ1) is 16.2. The summed E-state index contributed by atoms with van der Waals surface area (Å²) in [4.78, 5) is 11.7. The molecule has 1 N–H and O–H groups in total. The van der Waals surface area contributed by atoms with E-state index in [-0.39, 0.29) is 0 Å². The van der Waals surface area contributed by atoms with Crippen LogP contribution in [-0.2, 0) is 10.4 Å². The summed E-state index contributed by atoms with van der Waals surface area (Å²) in [5.41, 5.74) is -1.01. The van der Waals surface area contributed by atoms with E-state index in [1.165, 1.54) is 6.92 Å². The van der Waals surface area contributed by atoms with Crippen molar-refractivity contribution in [3.05, 3.63) is 59.1 Å². The number of carboxylic acids is 1. The minimum absolute atomic E-state index is 0.422. The summed E-state index contributed by atoms with van der Waals surface area (Å²) in [5, 5.41) is 10.1. The number of rotatable bonds is 6. The molecule has 1 unspecified atom stereocenters. The Bertz CT molecular complexity index is 654. The molecule has 0 amide bonds. The number of carboxylic acid groups (broad SMARTS) is 1. The highest BCUT2D eigenvalue weighted by molar-refractivity contribution is 6.30. The fourth-order valence-corrected chi connectivity index (χ4v) is 2.15.